The number of nitrogens with zero attached hydrogens (tertiary/aromatic N) is 1. The number of benzene rings is 2. The quantitative estimate of drug-likeness (QED) is 0.686. The fraction of sp³-hybridized carbons (Fsp3) is 0.316. The van der Waals surface area contributed by atoms with Crippen LogP contribution in [0.15, 0.2) is 64.4 Å². The number of carbonyl (C=O) groups excluding carboxylic acids is 1. The van der Waals surface area contributed by atoms with Crippen molar-refractivity contribution >= 4 is 23.4 Å². The smallest absolute Gasteiger partial charge is 0.238 e. The number of hydrogen-bond acceptors (Lipinski definition) is 4. The summed E-state index contributed by atoms with van der Waals surface area (Å²) in [6.45, 7) is 2.19. The van der Waals surface area contributed by atoms with Crippen molar-refractivity contribution in [2.75, 3.05) is 39.0 Å². The summed E-state index contributed by atoms with van der Waals surface area (Å²) in [4.78, 5) is 16.5. The van der Waals surface area contributed by atoms with Gasteiger partial charge >= 0.3 is 0 Å². The Balaban J connectivity index is 1.84. The summed E-state index contributed by atoms with van der Waals surface area (Å²) < 4.78 is 0. The highest BCUT2D eigenvalue weighted by Crippen LogP contribution is 2.32. The molecule has 2 rings (SSSR count). The summed E-state index contributed by atoms with van der Waals surface area (Å²) in [5.41, 5.74) is 0.853. The minimum absolute atomic E-state index is 0.0130. The molecule has 0 atom stereocenters. The van der Waals surface area contributed by atoms with Crippen LogP contribution in [0.2, 0.25) is 0 Å². The molecule has 0 saturated carbocycles. The number of nitrogens with one attached hydrogen (secondary N) is 2. The topological polar surface area (TPSA) is 44.4 Å². The van der Waals surface area contributed by atoms with E-state index in [4.69, 9.17) is 0 Å². The van der Waals surface area contributed by atoms with Crippen LogP contribution in [0.3, 0.4) is 0 Å². The van der Waals surface area contributed by atoms with E-state index in [1.165, 1.54) is 0 Å². The zero-order chi connectivity index (χ0) is 17.2. The van der Waals surface area contributed by atoms with Crippen LogP contribution < -0.4 is 10.6 Å². The molecule has 0 aromatic heterocycles. The lowest BCUT2D eigenvalue weighted by Crippen LogP contribution is -2.30. The first-order chi connectivity index (χ1) is 11.6. The minimum Gasteiger partial charge on any atom is -0.324 e. The molecule has 0 bridgehead atoms. The molecule has 0 heterocycles. The van der Waals surface area contributed by atoms with Crippen LogP contribution in [0.5, 0.6) is 0 Å². The SMILES string of the molecule is CN(C)CCCNCC(=O)Nc1ccccc1Sc1ccccc1. The average molecular weight is 343 g/mol. The van der Waals surface area contributed by atoms with Crippen molar-refractivity contribution in [1.82, 2.24) is 10.2 Å². The lowest BCUT2D eigenvalue weighted by molar-refractivity contribution is -0.115. The molecule has 4 nitrogen and oxygen atoms in total. The van der Waals surface area contributed by atoms with E-state index in [1.807, 2.05) is 56.6 Å². The van der Waals surface area contributed by atoms with Gasteiger partial charge in [-0.1, -0.05) is 42.1 Å². The molecule has 0 aliphatic rings. The molecule has 2 aromatic carbocycles. The van der Waals surface area contributed by atoms with Crippen molar-refractivity contribution in [1.29, 1.82) is 0 Å². The highest BCUT2D eigenvalue weighted by atomic mass is 32.2. The Morgan fingerprint density at radius 2 is 1.75 bits per heavy atom. The lowest BCUT2D eigenvalue weighted by atomic mass is 10.3. The molecule has 0 aliphatic heterocycles. The summed E-state index contributed by atoms with van der Waals surface area (Å²) >= 11 is 1.65. The van der Waals surface area contributed by atoms with Crippen molar-refractivity contribution in [3.05, 3.63) is 54.6 Å². The summed E-state index contributed by atoms with van der Waals surface area (Å²) in [7, 11) is 4.10. The highest BCUT2D eigenvalue weighted by Gasteiger charge is 2.07. The van der Waals surface area contributed by atoms with Gasteiger partial charge in [0.1, 0.15) is 0 Å². The van der Waals surface area contributed by atoms with E-state index >= 15 is 0 Å². The molecule has 0 unspecified atom stereocenters. The Labute approximate surface area is 148 Å². The summed E-state index contributed by atoms with van der Waals surface area (Å²) in [6, 6.07) is 18.1. The zero-order valence-corrected chi connectivity index (χ0v) is 15.1. The summed E-state index contributed by atoms with van der Waals surface area (Å²) in [6.07, 6.45) is 1.03. The second kappa shape index (κ2) is 10.1. The van der Waals surface area contributed by atoms with Gasteiger partial charge in [0.15, 0.2) is 0 Å². The van der Waals surface area contributed by atoms with Gasteiger partial charge in [0.05, 0.1) is 12.2 Å². The highest BCUT2D eigenvalue weighted by molar-refractivity contribution is 7.99. The van der Waals surface area contributed by atoms with Gasteiger partial charge in [0, 0.05) is 9.79 Å². The number of anilines is 1. The van der Waals surface area contributed by atoms with Gasteiger partial charge < -0.3 is 15.5 Å². The molecule has 5 heteroatoms. The molecule has 0 saturated heterocycles. The van der Waals surface area contributed by atoms with Gasteiger partial charge in [-0.15, -0.1) is 0 Å². The maximum Gasteiger partial charge on any atom is 0.238 e. The average Bonchev–Trinajstić information content (AvgIpc) is 2.57. The van der Waals surface area contributed by atoms with Gasteiger partial charge in [-0.3, -0.25) is 4.79 Å². The van der Waals surface area contributed by atoms with Crippen LogP contribution in [-0.4, -0.2) is 44.5 Å². The Morgan fingerprint density at radius 1 is 1.04 bits per heavy atom. The third kappa shape index (κ3) is 6.74. The van der Waals surface area contributed by atoms with Crippen LogP contribution in [0, 0.1) is 0 Å². The normalized spacial score (nSPS) is 10.8. The molecule has 0 fully saturated rings. The van der Waals surface area contributed by atoms with Gasteiger partial charge in [0.25, 0.3) is 0 Å². The van der Waals surface area contributed by atoms with Crippen LogP contribution >= 0.6 is 11.8 Å². The molecule has 2 aromatic rings. The largest absolute Gasteiger partial charge is 0.324 e. The fourth-order valence-electron chi connectivity index (χ4n) is 2.19. The maximum absolute atomic E-state index is 12.1. The minimum atomic E-state index is -0.0130. The summed E-state index contributed by atoms with van der Waals surface area (Å²) in [5, 5.41) is 6.18. The Bertz CT molecular complexity index is 632. The van der Waals surface area contributed by atoms with Crippen molar-refractivity contribution in [3.8, 4) is 0 Å². The predicted molar refractivity (Wildman–Crippen MR) is 102 cm³/mol. The van der Waals surface area contributed by atoms with E-state index in [-0.39, 0.29) is 5.91 Å². The fourth-order valence-corrected chi connectivity index (χ4v) is 3.11. The van der Waals surface area contributed by atoms with Crippen molar-refractivity contribution in [3.63, 3.8) is 0 Å². The summed E-state index contributed by atoms with van der Waals surface area (Å²) in [5.74, 6) is -0.0130. The van der Waals surface area contributed by atoms with Gasteiger partial charge in [-0.25, -0.2) is 0 Å². The van der Waals surface area contributed by atoms with Crippen molar-refractivity contribution in [2.24, 2.45) is 0 Å². The second-order valence-corrected chi connectivity index (χ2v) is 6.91. The number of amides is 1. The lowest BCUT2D eigenvalue weighted by Gasteiger charge is -2.12. The van der Waals surface area contributed by atoms with E-state index in [2.05, 4.69) is 27.7 Å². The molecular weight excluding hydrogens is 318 g/mol. The molecule has 1 amide bonds. The molecule has 0 aliphatic carbocycles. The van der Waals surface area contributed by atoms with E-state index in [0.29, 0.717) is 6.54 Å². The standard InChI is InChI=1S/C19H25N3OS/c1-22(2)14-8-13-20-15-19(23)21-17-11-6-7-12-18(17)24-16-9-4-3-5-10-16/h3-7,9-12,20H,8,13-15H2,1-2H3,(H,21,23). The van der Waals surface area contributed by atoms with Crippen LogP contribution in [0.25, 0.3) is 0 Å². The first-order valence-electron chi connectivity index (χ1n) is 8.12. The Kier molecular flexibility index (Phi) is 7.82. The number of rotatable bonds is 9. The maximum atomic E-state index is 12.1. The van der Waals surface area contributed by atoms with E-state index < -0.39 is 0 Å². The first kappa shape index (κ1) is 18.5. The van der Waals surface area contributed by atoms with Crippen LogP contribution in [0.1, 0.15) is 6.42 Å². The second-order valence-electron chi connectivity index (χ2n) is 5.79. The zero-order valence-electron chi connectivity index (χ0n) is 14.3. The predicted octanol–water partition coefficient (Wildman–Crippen LogP) is 3.32. The molecule has 2 N–H and O–H groups in total. The van der Waals surface area contributed by atoms with Gasteiger partial charge in [-0.05, 0) is 57.9 Å². The van der Waals surface area contributed by atoms with E-state index in [0.717, 1.165) is 35.0 Å². The number of carbonyl (C=O) groups is 1. The third-order valence-electron chi connectivity index (χ3n) is 3.38. The monoisotopic (exact) mass is 343 g/mol. The van der Waals surface area contributed by atoms with Gasteiger partial charge in [-0.2, -0.15) is 0 Å². The van der Waals surface area contributed by atoms with Crippen molar-refractivity contribution < 1.29 is 4.79 Å². The molecule has 128 valence electrons. The Morgan fingerprint density at radius 3 is 2.50 bits per heavy atom. The Hall–Kier alpha value is -1.82. The molecular formula is C19H25N3OS. The van der Waals surface area contributed by atoms with Crippen LogP contribution in [0.4, 0.5) is 5.69 Å². The van der Waals surface area contributed by atoms with E-state index in [1.54, 1.807) is 11.8 Å². The van der Waals surface area contributed by atoms with Crippen molar-refractivity contribution in [2.45, 2.75) is 16.2 Å². The number of hydrogen-bond donors (Lipinski definition) is 2. The van der Waals surface area contributed by atoms with Crippen LogP contribution in [-0.2, 0) is 4.79 Å². The first-order valence-corrected chi connectivity index (χ1v) is 8.94. The van der Waals surface area contributed by atoms with E-state index in [9.17, 15) is 4.79 Å². The third-order valence-corrected chi connectivity index (χ3v) is 4.46. The molecule has 0 spiro atoms. The van der Waals surface area contributed by atoms with Gasteiger partial charge in [0.2, 0.25) is 5.91 Å². The number of para-hydroxylation sites is 1. The molecule has 24 heavy (non-hydrogen) atoms. The molecule has 0 radical (unpaired) electrons.